The first-order valence-corrected chi connectivity index (χ1v) is 18.6. The number of nitrogens with one attached hydrogen (secondary N) is 1. The molecule has 2 bridgehead atoms. The van der Waals surface area contributed by atoms with Gasteiger partial charge in [0.2, 0.25) is 10.0 Å². The summed E-state index contributed by atoms with van der Waals surface area (Å²) < 4.78 is 36.2. The zero-order valence-electron chi connectivity index (χ0n) is 25.0. The molecule has 45 heavy (non-hydrogen) atoms. The Balaban J connectivity index is 1.27. The van der Waals surface area contributed by atoms with E-state index in [0.29, 0.717) is 43.3 Å². The summed E-state index contributed by atoms with van der Waals surface area (Å²) in [5.74, 6) is 0.394. The fourth-order valence-corrected chi connectivity index (χ4v) is 10.0. The van der Waals surface area contributed by atoms with E-state index < -0.39 is 27.3 Å². The number of allylic oxidation sites excluding steroid dienone is 1. The van der Waals surface area contributed by atoms with Crippen molar-refractivity contribution in [1.29, 1.82) is 0 Å². The van der Waals surface area contributed by atoms with Gasteiger partial charge in [-0.1, -0.05) is 29.8 Å². The van der Waals surface area contributed by atoms with Crippen LogP contribution in [0.15, 0.2) is 60.1 Å². The Labute approximate surface area is 273 Å². The fraction of sp³-hybridized carbons (Fsp3) is 0.471. The van der Waals surface area contributed by atoms with Crippen molar-refractivity contribution in [2.45, 2.75) is 68.1 Å². The second kappa shape index (κ2) is 12.4. The van der Waals surface area contributed by atoms with E-state index in [4.69, 9.17) is 16.3 Å². The number of aromatic nitrogens is 1. The van der Waals surface area contributed by atoms with Crippen LogP contribution in [-0.2, 0) is 28.3 Å². The van der Waals surface area contributed by atoms with Crippen molar-refractivity contribution < 1.29 is 23.1 Å². The lowest BCUT2D eigenvalue weighted by atomic mass is 9.68. The molecule has 238 valence electrons. The minimum atomic E-state index is -4.03. The van der Waals surface area contributed by atoms with E-state index in [9.17, 15) is 18.3 Å². The van der Waals surface area contributed by atoms with Gasteiger partial charge in [-0.15, -0.1) is 11.3 Å². The maximum Gasteiger partial charge on any atom is 0.264 e. The number of amides is 1. The molecule has 2 aromatic carbocycles. The van der Waals surface area contributed by atoms with E-state index in [1.54, 1.807) is 24.4 Å². The topological polar surface area (TPSA) is 109 Å². The quantitative estimate of drug-likeness (QED) is 0.339. The molecule has 1 fully saturated rings. The summed E-state index contributed by atoms with van der Waals surface area (Å²) in [7, 11) is -4.03. The van der Waals surface area contributed by atoms with Crippen LogP contribution in [0.5, 0.6) is 5.75 Å². The number of carbonyl (C=O) groups is 1. The van der Waals surface area contributed by atoms with Crippen LogP contribution in [0.3, 0.4) is 0 Å². The molecule has 2 aliphatic heterocycles. The Hall–Kier alpha value is -2.92. The standard InChI is InChI=1S/C34H38ClN3O5S2/c35-25-9-11-28-22(16-25)4-3-13-34(28)20-38-19-24-7-10-27(24)30(39)6-2-1-5-26(18-32-36-14-15-44-32)45(41,42)37-33(40)23-8-12-31(43-21-34)29(38)17-23/h2,6,8-9,11-12,14-17,24,26-27,30,39H,1,3-5,7,10,13,18-21H2,(H,37,40)/b6-2+/t24-,26-,27+,30-,34-/m0/s1. The van der Waals surface area contributed by atoms with Crippen molar-refractivity contribution >= 4 is 44.6 Å². The van der Waals surface area contributed by atoms with Crippen molar-refractivity contribution in [3.63, 3.8) is 0 Å². The number of ether oxygens (including phenoxy) is 1. The van der Waals surface area contributed by atoms with E-state index in [1.165, 1.54) is 22.5 Å². The van der Waals surface area contributed by atoms with E-state index in [-0.39, 0.29) is 29.2 Å². The monoisotopic (exact) mass is 667 g/mol. The van der Waals surface area contributed by atoms with E-state index >= 15 is 0 Å². The first kappa shape index (κ1) is 30.7. The van der Waals surface area contributed by atoms with Crippen LogP contribution >= 0.6 is 22.9 Å². The van der Waals surface area contributed by atoms with Gasteiger partial charge in [0.05, 0.1) is 28.7 Å². The highest BCUT2D eigenvalue weighted by Crippen LogP contribution is 2.46. The van der Waals surface area contributed by atoms with Gasteiger partial charge in [0, 0.05) is 47.1 Å². The molecule has 5 atom stereocenters. The van der Waals surface area contributed by atoms with Crippen molar-refractivity contribution in [3.05, 3.63) is 86.8 Å². The number of aryl methyl sites for hydroxylation is 1. The number of nitrogens with zero attached hydrogens (tertiary/aromatic N) is 2. The third-order valence-corrected chi connectivity index (χ3v) is 13.0. The molecule has 8 nitrogen and oxygen atoms in total. The third kappa shape index (κ3) is 6.14. The molecule has 1 spiro atoms. The number of hydrogen-bond acceptors (Lipinski definition) is 8. The molecular formula is C34H38ClN3O5S2. The smallest absolute Gasteiger partial charge is 0.264 e. The number of halogens is 1. The number of anilines is 1. The van der Waals surface area contributed by atoms with E-state index in [2.05, 4.69) is 26.7 Å². The fourth-order valence-electron chi connectivity index (χ4n) is 7.66. The molecule has 0 radical (unpaired) electrons. The minimum Gasteiger partial charge on any atom is -0.490 e. The van der Waals surface area contributed by atoms with Gasteiger partial charge in [0.25, 0.3) is 5.91 Å². The summed E-state index contributed by atoms with van der Waals surface area (Å²) in [6, 6.07) is 11.4. The van der Waals surface area contributed by atoms with Gasteiger partial charge >= 0.3 is 0 Å². The SMILES string of the molecule is O=C1NS(=O)(=O)[C@H](Cc2nccs2)CC/C=C/[C@H](O)[C@@H]2CC[C@H]2CN2C[C@@]3(CCCc4cc(Cl)ccc43)COc3ccc1cc32. The highest BCUT2D eigenvalue weighted by Gasteiger charge is 2.44. The molecular weight excluding hydrogens is 630 g/mol. The molecule has 2 N–H and O–H groups in total. The number of benzene rings is 2. The molecule has 1 saturated carbocycles. The van der Waals surface area contributed by atoms with E-state index in [1.807, 2.05) is 23.6 Å². The van der Waals surface area contributed by atoms with Gasteiger partial charge in [-0.25, -0.2) is 18.1 Å². The molecule has 3 aromatic rings. The molecule has 11 heteroatoms. The van der Waals surface area contributed by atoms with Gasteiger partial charge in [0.1, 0.15) is 5.75 Å². The van der Waals surface area contributed by atoms with Gasteiger partial charge in [-0.05, 0) is 98.2 Å². The Morgan fingerprint density at radius 1 is 1.18 bits per heavy atom. The maximum absolute atomic E-state index is 13.6. The molecule has 0 saturated heterocycles. The van der Waals surface area contributed by atoms with Crippen LogP contribution in [0.1, 0.15) is 65.0 Å². The predicted octanol–water partition coefficient (Wildman–Crippen LogP) is 5.68. The summed E-state index contributed by atoms with van der Waals surface area (Å²) in [6.07, 6.45) is 10.6. The summed E-state index contributed by atoms with van der Waals surface area (Å²) in [6.45, 7) is 1.88. The predicted molar refractivity (Wildman–Crippen MR) is 177 cm³/mol. The van der Waals surface area contributed by atoms with Crippen molar-refractivity contribution in [3.8, 4) is 5.75 Å². The van der Waals surface area contributed by atoms with Crippen LogP contribution < -0.4 is 14.4 Å². The minimum absolute atomic E-state index is 0.108. The largest absolute Gasteiger partial charge is 0.490 e. The van der Waals surface area contributed by atoms with Crippen molar-refractivity contribution in [2.75, 3.05) is 24.6 Å². The molecule has 2 aliphatic carbocycles. The Morgan fingerprint density at radius 3 is 2.87 bits per heavy atom. The molecule has 4 aliphatic rings. The second-order valence-electron chi connectivity index (χ2n) is 13.0. The highest BCUT2D eigenvalue weighted by molar-refractivity contribution is 7.90. The molecule has 1 aromatic heterocycles. The van der Waals surface area contributed by atoms with Crippen LogP contribution in [-0.4, -0.2) is 55.5 Å². The first-order chi connectivity index (χ1) is 21.7. The number of aliphatic hydroxyl groups excluding tert-OH is 1. The van der Waals surface area contributed by atoms with Crippen LogP contribution in [0.25, 0.3) is 0 Å². The summed E-state index contributed by atoms with van der Waals surface area (Å²) >= 11 is 7.80. The average molecular weight is 668 g/mol. The van der Waals surface area contributed by atoms with Crippen LogP contribution in [0, 0.1) is 11.8 Å². The molecule has 7 rings (SSSR count). The number of thiazole rings is 1. The summed E-state index contributed by atoms with van der Waals surface area (Å²) in [4.78, 5) is 20.2. The lowest BCUT2D eigenvalue weighted by molar-refractivity contribution is 0.0456. The number of hydrogen-bond donors (Lipinski definition) is 2. The number of sulfonamides is 1. The molecule has 3 heterocycles. The van der Waals surface area contributed by atoms with Crippen molar-refractivity contribution in [2.24, 2.45) is 11.8 Å². The average Bonchev–Trinajstić information content (AvgIpc) is 3.46. The maximum atomic E-state index is 13.6. The van der Waals surface area contributed by atoms with E-state index in [0.717, 1.165) is 42.8 Å². The number of aliphatic hydroxyl groups is 1. The van der Waals surface area contributed by atoms with Gasteiger partial charge in [0.15, 0.2) is 0 Å². The molecule has 0 unspecified atom stereocenters. The molecule has 1 amide bonds. The van der Waals surface area contributed by atoms with Gasteiger partial charge < -0.3 is 14.7 Å². The van der Waals surface area contributed by atoms with Crippen molar-refractivity contribution in [1.82, 2.24) is 9.71 Å². The third-order valence-electron chi connectivity index (χ3n) is 10.2. The first-order valence-electron chi connectivity index (χ1n) is 15.8. The highest BCUT2D eigenvalue weighted by atomic mass is 35.5. The zero-order valence-corrected chi connectivity index (χ0v) is 27.4. The van der Waals surface area contributed by atoms with Crippen LogP contribution in [0.4, 0.5) is 5.69 Å². The Kier molecular flexibility index (Phi) is 8.43. The summed E-state index contributed by atoms with van der Waals surface area (Å²) in [5.41, 5.74) is 3.27. The normalized spacial score (nSPS) is 30.2. The second-order valence-corrected chi connectivity index (χ2v) is 16.4. The lowest BCUT2D eigenvalue weighted by Gasteiger charge is -2.45. The van der Waals surface area contributed by atoms with Crippen LogP contribution in [0.2, 0.25) is 5.02 Å². The zero-order chi connectivity index (χ0) is 31.2. The van der Waals surface area contributed by atoms with Gasteiger partial charge in [-0.3, -0.25) is 4.79 Å². The number of rotatable bonds is 2. The Bertz CT molecular complexity index is 1710. The summed E-state index contributed by atoms with van der Waals surface area (Å²) in [5, 5.41) is 13.6. The van der Waals surface area contributed by atoms with Gasteiger partial charge in [-0.2, -0.15) is 0 Å². The Morgan fingerprint density at radius 2 is 2.07 bits per heavy atom. The lowest BCUT2D eigenvalue weighted by Crippen LogP contribution is -2.49. The number of carbonyl (C=O) groups excluding carboxylic acids is 1. The number of fused-ring (bicyclic) bond motifs is 4.